The van der Waals surface area contributed by atoms with Gasteiger partial charge >= 0.3 is 0 Å². The number of halogens is 2. The topological polar surface area (TPSA) is 43.6 Å². The number of allylic oxidation sites excluding steroid dienone is 1. The zero-order valence-electron chi connectivity index (χ0n) is 14.0. The number of para-hydroxylation sites is 1. The minimum Gasteiger partial charge on any atom is -0.492 e. The highest BCUT2D eigenvalue weighted by molar-refractivity contribution is 7.16. The molecule has 1 aromatic heterocycles. The smallest absolute Gasteiger partial charge is 0.281 e. The Bertz CT molecular complexity index is 1050. The molecule has 2 aromatic carbocycles. The van der Waals surface area contributed by atoms with Crippen LogP contribution in [-0.2, 0) is 6.54 Å². The summed E-state index contributed by atoms with van der Waals surface area (Å²) in [5, 5.41) is 0.747. The van der Waals surface area contributed by atoms with Gasteiger partial charge < -0.3 is 9.30 Å². The lowest BCUT2D eigenvalue weighted by atomic mass is 10.2. The molecule has 7 heteroatoms. The van der Waals surface area contributed by atoms with Crippen molar-refractivity contribution in [2.75, 3.05) is 6.61 Å². The van der Waals surface area contributed by atoms with E-state index in [0.29, 0.717) is 28.0 Å². The second-order valence-corrected chi connectivity index (χ2v) is 7.21. The normalized spacial score (nSPS) is 11.7. The van der Waals surface area contributed by atoms with E-state index >= 15 is 0 Å². The van der Waals surface area contributed by atoms with Crippen LogP contribution in [0.3, 0.4) is 0 Å². The van der Waals surface area contributed by atoms with Crippen molar-refractivity contribution >= 4 is 50.7 Å². The van der Waals surface area contributed by atoms with Crippen LogP contribution in [0, 0.1) is 0 Å². The van der Waals surface area contributed by atoms with E-state index in [1.807, 2.05) is 29.7 Å². The van der Waals surface area contributed by atoms with Crippen LogP contribution >= 0.6 is 34.5 Å². The van der Waals surface area contributed by atoms with Gasteiger partial charge in [0.05, 0.1) is 21.9 Å². The van der Waals surface area contributed by atoms with Gasteiger partial charge in [-0.1, -0.05) is 46.7 Å². The molecule has 134 valence electrons. The molecule has 3 rings (SSSR count). The Labute approximate surface area is 165 Å². The molecule has 3 aromatic rings. The first-order chi connectivity index (χ1) is 12.5. The number of rotatable bonds is 5. The van der Waals surface area contributed by atoms with E-state index < -0.39 is 5.91 Å². The molecule has 26 heavy (non-hydrogen) atoms. The Morgan fingerprint density at radius 1 is 1.35 bits per heavy atom. The number of aromatic nitrogens is 1. The summed E-state index contributed by atoms with van der Waals surface area (Å²) in [5.74, 6) is 0.303. The number of carbonyl (C=O) groups excluding carboxylic acids is 1. The van der Waals surface area contributed by atoms with Gasteiger partial charge in [-0.3, -0.25) is 4.79 Å². The van der Waals surface area contributed by atoms with Crippen molar-refractivity contribution in [1.82, 2.24) is 4.57 Å². The molecule has 0 saturated carbocycles. The van der Waals surface area contributed by atoms with Crippen LogP contribution in [0.1, 0.15) is 17.3 Å². The Hall–Kier alpha value is -2.08. The molecule has 0 bridgehead atoms. The summed E-state index contributed by atoms with van der Waals surface area (Å²) in [6.45, 7) is 6.78. The third-order valence-electron chi connectivity index (χ3n) is 3.63. The van der Waals surface area contributed by atoms with E-state index in [0.717, 1.165) is 16.0 Å². The second-order valence-electron chi connectivity index (χ2n) is 5.36. The van der Waals surface area contributed by atoms with Gasteiger partial charge in [0.15, 0.2) is 4.80 Å². The van der Waals surface area contributed by atoms with Crippen molar-refractivity contribution in [3.05, 3.63) is 69.5 Å². The maximum Gasteiger partial charge on any atom is 0.281 e. The monoisotopic (exact) mass is 406 g/mol. The molecule has 0 fully saturated rings. The van der Waals surface area contributed by atoms with Gasteiger partial charge in [0.25, 0.3) is 5.91 Å². The van der Waals surface area contributed by atoms with Crippen molar-refractivity contribution in [2.24, 2.45) is 4.99 Å². The third-order valence-corrected chi connectivity index (χ3v) is 5.24. The zero-order chi connectivity index (χ0) is 18.7. The highest BCUT2D eigenvalue weighted by Crippen LogP contribution is 2.28. The maximum atomic E-state index is 12.7. The second kappa shape index (κ2) is 8.08. The number of ether oxygens (including phenoxy) is 1. The quantitative estimate of drug-likeness (QED) is 0.536. The Kier molecular flexibility index (Phi) is 5.81. The first kappa shape index (κ1) is 18.7. The van der Waals surface area contributed by atoms with Crippen molar-refractivity contribution in [3.63, 3.8) is 0 Å². The van der Waals surface area contributed by atoms with Gasteiger partial charge in [-0.15, -0.1) is 6.58 Å². The van der Waals surface area contributed by atoms with Crippen molar-refractivity contribution < 1.29 is 9.53 Å². The Morgan fingerprint density at radius 3 is 2.88 bits per heavy atom. The van der Waals surface area contributed by atoms with Gasteiger partial charge in [-0.2, -0.15) is 4.99 Å². The zero-order valence-corrected chi connectivity index (χ0v) is 16.4. The van der Waals surface area contributed by atoms with Crippen LogP contribution in [0.5, 0.6) is 5.75 Å². The molecular formula is C19H16Cl2N2O2S. The van der Waals surface area contributed by atoms with Gasteiger partial charge in [-0.05, 0) is 37.3 Å². The van der Waals surface area contributed by atoms with Crippen LogP contribution in [-0.4, -0.2) is 17.1 Å². The van der Waals surface area contributed by atoms with Crippen molar-refractivity contribution in [3.8, 4) is 5.75 Å². The van der Waals surface area contributed by atoms with Gasteiger partial charge in [0.2, 0.25) is 0 Å². The van der Waals surface area contributed by atoms with E-state index in [1.165, 1.54) is 17.4 Å². The molecule has 1 amide bonds. The van der Waals surface area contributed by atoms with Crippen molar-refractivity contribution in [2.45, 2.75) is 13.5 Å². The van der Waals surface area contributed by atoms with Crippen LogP contribution in [0.15, 0.2) is 54.0 Å². The molecule has 4 nitrogen and oxygen atoms in total. The van der Waals surface area contributed by atoms with Gasteiger partial charge in [-0.25, -0.2) is 0 Å². The maximum absolute atomic E-state index is 12.7. The summed E-state index contributed by atoms with van der Waals surface area (Å²) in [6.07, 6.45) is 1.75. The molecule has 0 spiro atoms. The number of benzene rings is 2. The predicted octanol–water partition coefficient (Wildman–Crippen LogP) is 5.34. The summed E-state index contributed by atoms with van der Waals surface area (Å²) in [7, 11) is 0. The Balaban J connectivity index is 2.20. The van der Waals surface area contributed by atoms with E-state index in [4.69, 9.17) is 27.9 Å². The number of hydrogen-bond donors (Lipinski definition) is 0. The predicted molar refractivity (Wildman–Crippen MR) is 108 cm³/mol. The van der Waals surface area contributed by atoms with E-state index in [9.17, 15) is 4.79 Å². The summed E-state index contributed by atoms with van der Waals surface area (Å²) in [5.41, 5.74) is 1.16. The molecule has 0 aliphatic heterocycles. The molecule has 0 saturated heterocycles. The molecule has 0 atom stereocenters. The molecular weight excluding hydrogens is 391 g/mol. The molecule has 1 heterocycles. The minimum absolute atomic E-state index is 0.270. The summed E-state index contributed by atoms with van der Waals surface area (Å²) >= 11 is 13.5. The number of carbonyl (C=O) groups is 1. The first-order valence-electron chi connectivity index (χ1n) is 7.95. The molecule has 0 aliphatic rings. The fraction of sp³-hybridized carbons (Fsp3) is 0.158. The highest BCUT2D eigenvalue weighted by atomic mass is 35.5. The fourth-order valence-electron chi connectivity index (χ4n) is 2.56. The van der Waals surface area contributed by atoms with E-state index in [1.54, 1.807) is 18.2 Å². The summed E-state index contributed by atoms with van der Waals surface area (Å²) < 4.78 is 8.62. The van der Waals surface area contributed by atoms with Gasteiger partial charge in [0, 0.05) is 11.6 Å². The molecule has 0 radical (unpaired) electrons. The average molecular weight is 407 g/mol. The number of hydrogen-bond acceptors (Lipinski definition) is 3. The lowest BCUT2D eigenvalue weighted by Gasteiger charge is -2.08. The molecule has 0 N–H and O–H groups in total. The lowest BCUT2D eigenvalue weighted by molar-refractivity contribution is 0.0998. The summed E-state index contributed by atoms with van der Waals surface area (Å²) in [6, 6.07) is 10.5. The SMILES string of the molecule is C=CCn1c(=NC(=O)c2cc(Cl)ccc2Cl)sc2cccc(OCC)c21. The number of amides is 1. The number of nitrogens with zero attached hydrogens (tertiary/aromatic N) is 2. The van der Waals surface area contributed by atoms with E-state index in [2.05, 4.69) is 11.6 Å². The van der Waals surface area contributed by atoms with Crippen LogP contribution in [0.25, 0.3) is 10.2 Å². The number of thiazole rings is 1. The standard InChI is InChI=1S/C19H16Cl2N2O2S/c1-3-10-23-17-15(25-4-2)6-5-7-16(17)26-19(23)22-18(24)13-11-12(20)8-9-14(13)21/h3,5-9,11H,1,4,10H2,2H3. The highest BCUT2D eigenvalue weighted by Gasteiger charge is 2.14. The number of fused-ring (bicyclic) bond motifs is 1. The van der Waals surface area contributed by atoms with Crippen LogP contribution < -0.4 is 9.54 Å². The fourth-order valence-corrected chi connectivity index (χ4v) is 3.99. The minimum atomic E-state index is -0.445. The van der Waals surface area contributed by atoms with Crippen molar-refractivity contribution in [1.29, 1.82) is 0 Å². The van der Waals surface area contributed by atoms with Gasteiger partial charge in [0.1, 0.15) is 11.3 Å². The largest absolute Gasteiger partial charge is 0.492 e. The molecule has 0 aliphatic carbocycles. The molecule has 0 unspecified atom stereocenters. The lowest BCUT2D eigenvalue weighted by Crippen LogP contribution is -2.17. The average Bonchev–Trinajstić information content (AvgIpc) is 2.96. The third kappa shape index (κ3) is 3.70. The van der Waals surface area contributed by atoms with Crippen LogP contribution in [0.2, 0.25) is 10.0 Å². The Morgan fingerprint density at radius 2 is 2.15 bits per heavy atom. The summed E-state index contributed by atoms with van der Waals surface area (Å²) in [4.78, 5) is 17.5. The van der Waals surface area contributed by atoms with Crippen LogP contribution in [0.4, 0.5) is 0 Å². The first-order valence-corrected chi connectivity index (χ1v) is 9.52. The van der Waals surface area contributed by atoms with E-state index in [-0.39, 0.29) is 5.56 Å².